The first kappa shape index (κ1) is 10.6. The largest absolute Gasteiger partial charge is 0.451 e. The molecule has 0 aliphatic carbocycles. The van der Waals surface area contributed by atoms with Gasteiger partial charge in [-0.3, -0.25) is 4.79 Å². The van der Waals surface area contributed by atoms with Crippen LogP contribution in [-0.4, -0.2) is 5.91 Å². The number of halogens is 1. The van der Waals surface area contributed by atoms with Crippen molar-refractivity contribution in [1.82, 2.24) is 0 Å². The lowest BCUT2D eigenvalue weighted by atomic mass is 10.1. The van der Waals surface area contributed by atoms with Crippen molar-refractivity contribution in [3.05, 3.63) is 41.1 Å². The Bertz CT molecular complexity index is 549. The molecule has 2 aromatic rings. The van der Waals surface area contributed by atoms with Crippen LogP contribution in [-0.2, 0) is 0 Å². The third kappa shape index (κ3) is 1.87. The van der Waals surface area contributed by atoms with E-state index in [1.165, 1.54) is 6.07 Å². The van der Waals surface area contributed by atoms with Crippen LogP contribution in [0.5, 0.6) is 0 Å². The molecule has 0 saturated carbocycles. The highest BCUT2D eigenvalue weighted by Gasteiger charge is 2.11. The van der Waals surface area contributed by atoms with Gasteiger partial charge in [0, 0.05) is 11.3 Å². The average molecular weight is 237 g/mol. The molecule has 0 atom stereocenters. The van der Waals surface area contributed by atoms with Crippen LogP contribution < -0.4 is 11.5 Å². The number of anilines is 1. The predicted octanol–water partition coefficient (Wildman–Crippen LogP) is 2.28. The van der Waals surface area contributed by atoms with E-state index in [0.29, 0.717) is 22.0 Å². The van der Waals surface area contributed by atoms with Gasteiger partial charge in [-0.05, 0) is 30.3 Å². The Morgan fingerprint density at radius 2 is 2.00 bits per heavy atom. The maximum atomic E-state index is 10.9. The number of primary amides is 1. The van der Waals surface area contributed by atoms with Gasteiger partial charge in [0.05, 0.1) is 5.02 Å². The summed E-state index contributed by atoms with van der Waals surface area (Å²) >= 11 is 5.99. The van der Waals surface area contributed by atoms with Crippen LogP contribution in [0.4, 0.5) is 5.69 Å². The second-order valence-corrected chi connectivity index (χ2v) is 3.67. The molecule has 0 aliphatic heterocycles. The Morgan fingerprint density at radius 1 is 1.25 bits per heavy atom. The Labute approximate surface area is 96.8 Å². The van der Waals surface area contributed by atoms with Crippen molar-refractivity contribution < 1.29 is 9.21 Å². The monoisotopic (exact) mass is 236 g/mol. The summed E-state index contributed by atoms with van der Waals surface area (Å²) in [6.45, 7) is 0. The number of benzene rings is 1. The van der Waals surface area contributed by atoms with Gasteiger partial charge in [-0.1, -0.05) is 11.6 Å². The number of hydrogen-bond acceptors (Lipinski definition) is 3. The molecule has 0 bridgehead atoms. The Morgan fingerprint density at radius 3 is 2.62 bits per heavy atom. The van der Waals surface area contributed by atoms with Crippen molar-refractivity contribution in [2.75, 3.05) is 5.73 Å². The molecule has 1 aromatic heterocycles. The summed E-state index contributed by atoms with van der Waals surface area (Å²) in [6, 6.07) is 8.15. The molecule has 1 aromatic carbocycles. The van der Waals surface area contributed by atoms with Gasteiger partial charge >= 0.3 is 0 Å². The number of rotatable bonds is 2. The van der Waals surface area contributed by atoms with Gasteiger partial charge in [-0.15, -0.1) is 0 Å². The minimum atomic E-state index is -0.619. The van der Waals surface area contributed by atoms with E-state index >= 15 is 0 Å². The molecule has 1 heterocycles. The van der Waals surface area contributed by atoms with Crippen LogP contribution in [0.25, 0.3) is 11.3 Å². The quantitative estimate of drug-likeness (QED) is 0.785. The summed E-state index contributed by atoms with van der Waals surface area (Å²) in [5.41, 5.74) is 11.9. The maximum absolute atomic E-state index is 10.9. The van der Waals surface area contributed by atoms with Gasteiger partial charge in [-0.25, -0.2) is 0 Å². The summed E-state index contributed by atoms with van der Waals surface area (Å²) in [5.74, 6) is -0.0640. The third-order valence-electron chi connectivity index (χ3n) is 2.10. The Hall–Kier alpha value is -1.94. The van der Waals surface area contributed by atoms with E-state index in [4.69, 9.17) is 27.5 Å². The molecule has 4 N–H and O–H groups in total. The van der Waals surface area contributed by atoms with Crippen LogP contribution in [0, 0.1) is 0 Å². The summed E-state index contributed by atoms with van der Waals surface area (Å²) in [7, 11) is 0. The van der Waals surface area contributed by atoms with Crippen LogP contribution in [0.2, 0.25) is 5.02 Å². The van der Waals surface area contributed by atoms with Gasteiger partial charge in [0.1, 0.15) is 5.76 Å². The number of carbonyl (C=O) groups is 1. The number of nitrogens with two attached hydrogens (primary N) is 2. The van der Waals surface area contributed by atoms with Gasteiger partial charge < -0.3 is 15.9 Å². The van der Waals surface area contributed by atoms with Crippen LogP contribution in [0.3, 0.4) is 0 Å². The van der Waals surface area contributed by atoms with Gasteiger partial charge in [-0.2, -0.15) is 0 Å². The zero-order valence-corrected chi connectivity index (χ0v) is 8.99. The highest BCUT2D eigenvalue weighted by atomic mass is 35.5. The van der Waals surface area contributed by atoms with Crippen LogP contribution in [0.1, 0.15) is 10.6 Å². The predicted molar refractivity (Wildman–Crippen MR) is 62.1 cm³/mol. The number of hydrogen-bond donors (Lipinski definition) is 2. The molecule has 82 valence electrons. The number of amides is 1. The van der Waals surface area contributed by atoms with Crippen LogP contribution in [0.15, 0.2) is 34.7 Å². The Kier molecular flexibility index (Phi) is 2.58. The molecule has 0 unspecified atom stereocenters. The molecule has 0 fully saturated rings. The molecule has 0 aliphatic rings. The normalized spacial score (nSPS) is 10.3. The summed E-state index contributed by atoms with van der Waals surface area (Å²) in [6.07, 6.45) is 0. The molecule has 4 nitrogen and oxygen atoms in total. The van der Waals surface area contributed by atoms with Gasteiger partial charge in [0.2, 0.25) is 0 Å². The number of carbonyl (C=O) groups excluding carboxylic acids is 1. The number of furan rings is 1. The minimum absolute atomic E-state index is 0.0912. The van der Waals surface area contributed by atoms with E-state index in [1.807, 2.05) is 0 Å². The standard InChI is InChI=1S/C11H9ClN2O2/c12-8-2-1-6(13)5-7(8)9-3-4-10(16-9)11(14)15/h1-5H,13H2,(H2,14,15). The second-order valence-electron chi connectivity index (χ2n) is 3.27. The first-order valence-corrected chi connectivity index (χ1v) is 4.91. The molecular weight excluding hydrogens is 228 g/mol. The summed E-state index contributed by atoms with van der Waals surface area (Å²) in [4.78, 5) is 10.9. The van der Waals surface area contributed by atoms with Gasteiger partial charge in [0.25, 0.3) is 5.91 Å². The third-order valence-corrected chi connectivity index (χ3v) is 2.43. The van der Waals surface area contributed by atoms with Crippen molar-refractivity contribution in [2.45, 2.75) is 0 Å². The van der Waals surface area contributed by atoms with Gasteiger partial charge in [0.15, 0.2) is 5.76 Å². The lowest BCUT2D eigenvalue weighted by Gasteiger charge is -2.01. The molecule has 0 spiro atoms. The highest BCUT2D eigenvalue weighted by molar-refractivity contribution is 6.33. The topological polar surface area (TPSA) is 82.2 Å². The van der Waals surface area contributed by atoms with E-state index in [0.717, 1.165) is 0 Å². The maximum Gasteiger partial charge on any atom is 0.284 e. The van der Waals surface area contributed by atoms with Crippen molar-refractivity contribution in [1.29, 1.82) is 0 Å². The van der Waals surface area contributed by atoms with Crippen molar-refractivity contribution in [2.24, 2.45) is 5.73 Å². The molecule has 5 heteroatoms. The average Bonchev–Trinajstić information content (AvgIpc) is 2.70. The highest BCUT2D eigenvalue weighted by Crippen LogP contribution is 2.30. The van der Waals surface area contributed by atoms with E-state index in [2.05, 4.69) is 0 Å². The fourth-order valence-electron chi connectivity index (χ4n) is 1.35. The molecule has 2 rings (SSSR count). The van der Waals surface area contributed by atoms with Crippen molar-refractivity contribution >= 4 is 23.2 Å². The smallest absolute Gasteiger partial charge is 0.284 e. The minimum Gasteiger partial charge on any atom is -0.451 e. The fraction of sp³-hybridized carbons (Fsp3) is 0. The van der Waals surface area contributed by atoms with E-state index in [-0.39, 0.29) is 5.76 Å². The zero-order chi connectivity index (χ0) is 11.7. The van der Waals surface area contributed by atoms with E-state index in [9.17, 15) is 4.79 Å². The molecule has 1 amide bonds. The van der Waals surface area contributed by atoms with Crippen LogP contribution >= 0.6 is 11.6 Å². The second kappa shape index (κ2) is 3.90. The Balaban J connectivity index is 2.50. The summed E-state index contributed by atoms with van der Waals surface area (Å²) < 4.78 is 5.25. The number of nitrogen functional groups attached to an aromatic ring is 1. The lowest BCUT2D eigenvalue weighted by Crippen LogP contribution is -2.09. The molecule has 0 saturated heterocycles. The molecule has 0 radical (unpaired) electrons. The van der Waals surface area contributed by atoms with Crippen molar-refractivity contribution in [3.8, 4) is 11.3 Å². The summed E-state index contributed by atoms with van der Waals surface area (Å²) in [5, 5.41) is 0.500. The molecule has 16 heavy (non-hydrogen) atoms. The zero-order valence-electron chi connectivity index (χ0n) is 8.24. The lowest BCUT2D eigenvalue weighted by molar-refractivity contribution is 0.0974. The van der Waals surface area contributed by atoms with Crippen molar-refractivity contribution in [3.63, 3.8) is 0 Å². The van der Waals surface area contributed by atoms with E-state index in [1.54, 1.807) is 24.3 Å². The SMILES string of the molecule is NC(=O)c1ccc(-c2cc(N)ccc2Cl)o1. The fourth-order valence-corrected chi connectivity index (χ4v) is 1.56. The first-order valence-electron chi connectivity index (χ1n) is 4.53. The first-order chi connectivity index (χ1) is 7.58. The van der Waals surface area contributed by atoms with E-state index < -0.39 is 5.91 Å². The molecular formula is C11H9ClN2O2.